The molecule has 0 radical (unpaired) electrons. The fourth-order valence-electron chi connectivity index (χ4n) is 1.55. The zero-order chi connectivity index (χ0) is 13.3. The summed E-state index contributed by atoms with van der Waals surface area (Å²) in [6.07, 6.45) is 0.609. The molecule has 0 saturated carbocycles. The number of hydrogen-bond donors (Lipinski definition) is 1. The van der Waals surface area contributed by atoms with Crippen LogP contribution in [-0.2, 0) is 6.42 Å². The highest BCUT2D eigenvalue weighted by atomic mass is 127. The Balaban J connectivity index is 2.68. The van der Waals surface area contributed by atoms with E-state index in [1.165, 1.54) is 12.1 Å². The van der Waals surface area contributed by atoms with E-state index < -0.39 is 5.82 Å². The van der Waals surface area contributed by atoms with Crippen molar-refractivity contribution >= 4 is 34.2 Å². The monoisotopic (exact) mass is 378 g/mol. The minimum absolute atomic E-state index is 0.00625. The molecule has 0 fully saturated rings. The van der Waals surface area contributed by atoms with Crippen LogP contribution in [0, 0.1) is 9.39 Å². The predicted molar refractivity (Wildman–Crippen MR) is 77.4 cm³/mol. The van der Waals surface area contributed by atoms with E-state index in [2.05, 4.69) is 9.97 Å². The smallest absolute Gasteiger partial charge is 0.264 e. The molecule has 3 nitrogen and oxygen atoms in total. The lowest BCUT2D eigenvalue weighted by atomic mass is 10.2. The number of aromatic amines is 1. The lowest BCUT2D eigenvalue weighted by Gasteiger charge is -2.06. The van der Waals surface area contributed by atoms with Crippen LogP contribution in [-0.4, -0.2) is 9.97 Å². The minimum Gasteiger partial charge on any atom is -0.306 e. The van der Waals surface area contributed by atoms with Crippen LogP contribution in [0.1, 0.15) is 12.6 Å². The molecule has 6 heteroatoms. The number of aryl methyl sites for hydroxylation is 1. The van der Waals surface area contributed by atoms with Gasteiger partial charge in [-0.05, 0) is 41.1 Å². The average molecular weight is 379 g/mol. The summed E-state index contributed by atoms with van der Waals surface area (Å²) in [4.78, 5) is 18.6. The molecule has 1 aromatic carbocycles. The molecule has 0 aliphatic carbocycles. The Morgan fingerprint density at radius 1 is 1.50 bits per heavy atom. The maximum absolute atomic E-state index is 13.9. The summed E-state index contributed by atoms with van der Waals surface area (Å²) in [5.41, 5.74) is 0.580. The van der Waals surface area contributed by atoms with Gasteiger partial charge in [-0.2, -0.15) is 0 Å². The third kappa shape index (κ3) is 2.42. The second kappa shape index (κ2) is 5.36. The van der Waals surface area contributed by atoms with Gasteiger partial charge in [0.05, 0.1) is 19.9 Å². The third-order valence-corrected chi connectivity index (χ3v) is 3.88. The van der Waals surface area contributed by atoms with E-state index in [4.69, 9.17) is 11.6 Å². The summed E-state index contributed by atoms with van der Waals surface area (Å²) in [7, 11) is 0. The molecule has 1 N–H and O–H groups in total. The molecule has 0 amide bonds. The molecule has 94 valence electrons. The molecule has 0 aliphatic rings. The SMILES string of the molecule is CCc1nc(-c2cccc(Cl)c2F)[nH]c(=O)c1I. The highest BCUT2D eigenvalue weighted by Crippen LogP contribution is 2.25. The number of halogens is 3. The van der Waals surface area contributed by atoms with Crippen LogP contribution < -0.4 is 5.56 Å². The van der Waals surface area contributed by atoms with Crippen molar-refractivity contribution in [2.45, 2.75) is 13.3 Å². The lowest BCUT2D eigenvalue weighted by Crippen LogP contribution is -2.16. The number of hydrogen-bond acceptors (Lipinski definition) is 2. The molecule has 18 heavy (non-hydrogen) atoms. The average Bonchev–Trinajstić information content (AvgIpc) is 2.36. The van der Waals surface area contributed by atoms with Gasteiger partial charge in [0, 0.05) is 0 Å². The van der Waals surface area contributed by atoms with Gasteiger partial charge in [0.1, 0.15) is 5.82 Å². The summed E-state index contributed by atoms with van der Waals surface area (Å²) >= 11 is 7.64. The van der Waals surface area contributed by atoms with Gasteiger partial charge in [-0.3, -0.25) is 4.79 Å². The Morgan fingerprint density at radius 2 is 2.22 bits per heavy atom. The van der Waals surface area contributed by atoms with Gasteiger partial charge in [0.2, 0.25) is 0 Å². The lowest BCUT2D eigenvalue weighted by molar-refractivity contribution is 0.630. The molecule has 0 bridgehead atoms. The second-order valence-electron chi connectivity index (χ2n) is 3.63. The molecule has 1 aromatic heterocycles. The van der Waals surface area contributed by atoms with E-state index in [-0.39, 0.29) is 22.0 Å². The quantitative estimate of drug-likeness (QED) is 0.814. The van der Waals surface area contributed by atoms with Crippen molar-refractivity contribution in [3.63, 3.8) is 0 Å². The van der Waals surface area contributed by atoms with Gasteiger partial charge >= 0.3 is 0 Å². The Hall–Kier alpha value is -0.950. The Kier molecular flexibility index (Phi) is 4.01. The fraction of sp³-hybridized carbons (Fsp3) is 0.167. The maximum Gasteiger partial charge on any atom is 0.264 e. The Labute approximate surface area is 122 Å². The maximum atomic E-state index is 13.9. The van der Waals surface area contributed by atoms with Gasteiger partial charge in [0.25, 0.3) is 5.56 Å². The van der Waals surface area contributed by atoms with Crippen molar-refractivity contribution in [3.8, 4) is 11.4 Å². The molecule has 1 heterocycles. The number of aromatic nitrogens is 2. The number of nitrogens with zero attached hydrogens (tertiary/aromatic N) is 1. The van der Waals surface area contributed by atoms with Crippen molar-refractivity contribution in [1.82, 2.24) is 9.97 Å². The van der Waals surface area contributed by atoms with Crippen LogP contribution >= 0.6 is 34.2 Å². The first-order valence-electron chi connectivity index (χ1n) is 5.27. The second-order valence-corrected chi connectivity index (χ2v) is 5.12. The minimum atomic E-state index is -0.578. The van der Waals surface area contributed by atoms with Gasteiger partial charge in [-0.25, -0.2) is 9.37 Å². The third-order valence-electron chi connectivity index (χ3n) is 2.47. The van der Waals surface area contributed by atoms with E-state index in [0.29, 0.717) is 15.7 Å². The Bertz CT molecular complexity index is 657. The van der Waals surface area contributed by atoms with Crippen LogP contribution in [0.2, 0.25) is 5.02 Å². The first kappa shape index (κ1) is 13.5. The van der Waals surface area contributed by atoms with Gasteiger partial charge in [-0.15, -0.1) is 0 Å². The Morgan fingerprint density at radius 3 is 2.89 bits per heavy atom. The van der Waals surface area contributed by atoms with E-state index in [1.54, 1.807) is 6.07 Å². The molecule has 2 rings (SSSR count). The normalized spacial score (nSPS) is 10.7. The number of benzene rings is 1. The molecule has 0 aliphatic heterocycles. The summed E-state index contributed by atoms with van der Waals surface area (Å²) in [5.74, 6) is -0.372. The van der Waals surface area contributed by atoms with Gasteiger partial charge in [-0.1, -0.05) is 24.6 Å². The highest BCUT2D eigenvalue weighted by Gasteiger charge is 2.13. The highest BCUT2D eigenvalue weighted by molar-refractivity contribution is 14.1. The molecule has 0 saturated heterocycles. The standard InChI is InChI=1S/C12H9ClFIN2O/c1-2-8-10(15)12(18)17-11(16-8)6-4-3-5-7(13)9(6)14/h3-5H,2H2,1H3,(H,16,17,18). The van der Waals surface area contributed by atoms with E-state index in [9.17, 15) is 9.18 Å². The first-order chi connectivity index (χ1) is 8.54. The summed E-state index contributed by atoms with van der Waals surface area (Å²) < 4.78 is 14.4. The first-order valence-corrected chi connectivity index (χ1v) is 6.73. The van der Waals surface area contributed by atoms with E-state index >= 15 is 0 Å². The summed E-state index contributed by atoms with van der Waals surface area (Å²) in [5, 5.41) is 0.00625. The molecular weight excluding hydrogens is 369 g/mol. The molecule has 0 spiro atoms. The van der Waals surface area contributed by atoms with Crippen LogP contribution in [0.4, 0.5) is 4.39 Å². The van der Waals surface area contributed by atoms with Crippen molar-refractivity contribution in [1.29, 1.82) is 0 Å². The molecular formula is C12H9ClFIN2O. The van der Waals surface area contributed by atoms with E-state index in [0.717, 1.165) is 0 Å². The predicted octanol–water partition coefficient (Wildman–Crippen LogP) is 3.40. The zero-order valence-electron chi connectivity index (χ0n) is 9.43. The van der Waals surface area contributed by atoms with E-state index in [1.807, 2.05) is 29.5 Å². The molecule has 0 unspecified atom stereocenters. The summed E-state index contributed by atoms with van der Waals surface area (Å²) in [6, 6.07) is 4.60. The summed E-state index contributed by atoms with van der Waals surface area (Å²) in [6.45, 7) is 1.89. The van der Waals surface area contributed by atoms with Crippen LogP contribution in [0.3, 0.4) is 0 Å². The van der Waals surface area contributed by atoms with Crippen molar-refractivity contribution in [3.05, 3.63) is 48.7 Å². The van der Waals surface area contributed by atoms with Crippen molar-refractivity contribution < 1.29 is 4.39 Å². The van der Waals surface area contributed by atoms with Gasteiger partial charge in [0.15, 0.2) is 5.82 Å². The largest absolute Gasteiger partial charge is 0.306 e. The molecule has 0 atom stereocenters. The van der Waals surface area contributed by atoms with Crippen molar-refractivity contribution in [2.75, 3.05) is 0 Å². The molecule has 2 aromatic rings. The van der Waals surface area contributed by atoms with Crippen LogP contribution in [0.15, 0.2) is 23.0 Å². The topological polar surface area (TPSA) is 45.8 Å². The zero-order valence-corrected chi connectivity index (χ0v) is 12.3. The van der Waals surface area contributed by atoms with Crippen LogP contribution in [0.25, 0.3) is 11.4 Å². The van der Waals surface area contributed by atoms with Crippen LogP contribution in [0.5, 0.6) is 0 Å². The number of rotatable bonds is 2. The van der Waals surface area contributed by atoms with Crippen molar-refractivity contribution in [2.24, 2.45) is 0 Å². The number of H-pyrrole nitrogens is 1. The van der Waals surface area contributed by atoms with Gasteiger partial charge < -0.3 is 4.98 Å². The number of nitrogens with one attached hydrogen (secondary N) is 1. The fourth-order valence-corrected chi connectivity index (χ4v) is 2.37.